The highest BCUT2D eigenvalue weighted by Crippen LogP contribution is 2.41. The summed E-state index contributed by atoms with van der Waals surface area (Å²) in [4.78, 5) is 23.0. The van der Waals surface area contributed by atoms with Crippen LogP contribution in [0, 0.1) is 6.92 Å². The van der Waals surface area contributed by atoms with Gasteiger partial charge in [-0.1, -0.05) is 0 Å². The maximum atomic E-state index is 14.9. The lowest BCUT2D eigenvalue weighted by Gasteiger charge is -2.18. The molecule has 0 saturated carbocycles. The fourth-order valence-corrected chi connectivity index (χ4v) is 5.15. The Morgan fingerprint density at radius 3 is 2.66 bits per heavy atom. The molecule has 2 N–H and O–H groups in total. The molecular weight excluding hydrogens is 435 g/mol. The van der Waals surface area contributed by atoms with Crippen LogP contribution >= 0.6 is 0 Å². The molecular formula is C22H19FN4O4S. The molecule has 0 saturated heterocycles. The molecule has 0 spiro atoms. The minimum absolute atomic E-state index is 0.0398. The van der Waals surface area contributed by atoms with Gasteiger partial charge in [-0.05, 0) is 49.3 Å². The van der Waals surface area contributed by atoms with Crippen molar-refractivity contribution in [2.75, 3.05) is 5.32 Å². The van der Waals surface area contributed by atoms with Crippen LogP contribution in [0.15, 0.2) is 80.3 Å². The molecule has 0 bridgehead atoms. The number of pyridine rings is 2. The Hall–Kier alpha value is -3.66. The molecule has 0 unspecified atom stereocenters. The van der Waals surface area contributed by atoms with E-state index in [1.165, 1.54) is 12.1 Å². The summed E-state index contributed by atoms with van der Waals surface area (Å²) >= 11 is 0. The first-order valence-electron chi connectivity index (χ1n) is 9.67. The normalized spacial score (nSPS) is 16.0. The van der Waals surface area contributed by atoms with Gasteiger partial charge in [-0.2, -0.15) is 0 Å². The third kappa shape index (κ3) is 3.96. The molecule has 0 fully saturated rings. The Morgan fingerprint density at radius 2 is 2.00 bits per heavy atom. The van der Waals surface area contributed by atoms with Crippen molar-refractivity contribution in [1.82, 2.24) is 9.97 Å². The van der Waals surface area contributed by atoms with E-state index in [-0.39, 0.29) is 22.5 Å². The van der Waals surface area contributed by atoms with Crippen LogP contribution in [-0.2, 0) is 14.6 Å². The number of nitrogens with zero attached hydrogens (tertiary/aromatic N) is 3. The zero-order valence-electron chi connectivity index (χ0n) is 17.3. The average molecular weight is 454 g/mol. The summed E-state index contributed by atoms with van der Waals surface area (Å²) < 4.78 is 41.6. The highest BCUT2D eigenvalue weighted by molar-refractivity contribution is 7.95. The number of anilines is 2. The molecule has 0 radical (unpaired) electrons. The number of halogens is 1. The predicted molar refractivity (Wildman–Crippen MR) is 117 cm³/mol. The van der Waals surface area contributed by atoms with Crippen molar-refractivity contribution < 1.29 is 22.7 Å². The van der Waals surface area contributed by atoms with Gasteiger partial charge in [0.1, 0.15) is 16.5 Å². The molecule has 1 aliphatic heterocycles. The van der Waals surface area contributed by atoms with Crippen molar-refractivity contribution in [1.29, 1.82) is 0 Å². The molecule has 2 aromatic rings. The Balaban J connectivity index is 1.73. The topological polar surface area (TPSA) is 122 Å². The first kappa shape index (κ1) is 21.6. The number of aliphatic imine (C=N–C) groups is 1. The second kappa shape index (κ2) is 8.12. The fourth-order valence-electron chi connectivity index (χ4n) is 3.63. The van der Waals surface area contributed by atoms with Crippen molar-refractivity contribution in [2.24, 2.45) is 4.99 Å². The van der Waals surface area contributed by atoms with Gasteiger partial charge in [0.25, 0.3) is 0 Å². The average Bonchev–Trinajstić information content (AvgIpc) is 3.03. The summed E-state index contributed by atoms with van der Waals surface area (Å²) in [7, 11) is -4.33. The van der Waals surface area contributed by atoms with Crippen LogP contribution in [0.5, 0.6) is 0 Å². The molecule has 1 aliphatic carbocycles. The molecule has 8 nitrogen and oxygen atoms in total. The fraction of sp³-hybridized carbons (Fsp3) is 0.182. The molecule has 3 heterocycles. The van der Waals surface area contributed by atoms with Crippen molar-refractivity contribution >= 4 is 33.0 Å². The van der Waals surface area contributed by atoms with Gasteiger partial charge in [-0.25, -0.2) is 17.8 Å². The lowest BCUT2D eigenvalue weighted by molar-refractivity contribution is -0.136. The summed E-state index contributed by atoms with van der Waals surface area (Å²) in [6.45, 7) is 3.47. The first-order valence-corrected chi connectivity index (χ1v) is 11.1. The molecule has 4 rings (SSSR count). The number of nitrogens with one attached hydrogen (secondary N) is 1. The monoisotopic (exact) mass is 454 g/mol. The molecule has 0 atom stereocenters. The number of sulfone groups is 1. The van der Waals surface area contributed by atoms with Crippen LogP contribution in [0.2, 0.25) is 0 Å². The number of aryl methyl sites for hydroxylation is 1. The first-order chi connectivity index (χ1) is 15.2. The minimum Gasteiger partial charge on any atom is -0.481 e. The van der Waals surface area contributed by atoms with Crippen LogP contribution < -0.4 is 5.32 Å². The lowest BCUT2D eigenvalue weighted by Crippen LogP contribution is -2.18. The lowest BCUT2D eigenvalue weighted by atomic mass is 9.94. The predicted octanol–water partition coefficient (Wildman–Crippen LogP) is 4.02. The second-order valence-corrected chi connectivity index (χ2v) is 9.30. The van der Waals surface area contributed by atoms with Gasteiger partial charge in [0.05, 0.1) is 28.9 Å². The molecule has 0 amide bonds. The zero-order valence-corrected chi connectivity index (χ0v) is 18.1. The second-order valence-electron chi connectivity index (χ2n) is 7.41. The van der Waals surface area contributed by atoms with Gasteiger partial charge in [0, 0.05) is 30.1 Å². The number of aliphatic carboxylic acids is 1. The maximum Gasteiger partial charge on any atom is 0.307 e. The summed E-state index contributed by atoms with van der Waals surface area (Å²) in [5, 5.41) is 12.3. The molecule has 164 valence electrons. The van der Waals surface area contributed by atoms with E-state index in [4.69, 9.17) is 0 Å². The van der Waals surface area contributed by atoms with Gasteiger partial charge >= 0.3 is 5.97 Å². The Morgan fingerprint density at radius 1 is 1.22 bits per heavy atom. The number of hydrogen-bond donors (Lipinski definition) is 2. The van der Waals surface area contributed by atoms with Crippen LogP contribution in [0.1, 0.15) is 25.3 Å². The number of hydrogen-bond acceptors (Lipinski definition) is 7. The van der Waals surface area contributed by atoms with Crippen molar-refractivity contribution in [2.45, 2.75) is 31.6 Å². The summed E-state index contributed by atoms with van der Waals surface area (Å²) in [6.07, 6.45) is 5.21. The van der Waals surface area contributed by atoms with E-state index in [9.17, 15) is 22.7 Å². The molecule has 0 aromatic carbocycles. The van der Waals surface area contributed by atoms with Crippen LogP contribution in [-0.4, -0.2) is 35.2 Å². The molecule has 32 heavy (non-hydrogen) atoms. The SMILES string of the molecule is CC1=C(CC(=O)O)C2=C(S(=O)(=O)c3ccc(Nc4cncc(C)c4)nc3)C(F)=CCC2=N1. The van der Waals surface area contributed by atoms with Gasteiger partial charge < -0.3 is 10.4 Å². The van der Waals surface area contributed by atoms with E-state index in [1.807, 2.05) is 13.0 Å². The van der Waals surface area contributed by atoms with E-state index < -0.39 is 33.0 Å². The van der Waals surface area contributed by atoms with Crippen molar-refractivity contribution in [3.05, 3.63) is 76.0 Å². The van der Waals surface area contributed by atoms with Gasteiger partial charge in [-0.3, -0.25) is 14.8 Å². The quantitative estimate of drug-likeness (QED) is 0.676. The molecule has 2 aliphatic rings. The number of carboxylic acids is 1. The summed E-state index contributed by atoms with van der Waals surface area (Å²) in [5.74, 6) is -1.69. The summed E-state index contributed by atoms with van der Waals surface area (Å²) in [5.41, 5.74) is 2.58. The Bertz CT molecular complexity index is 1360. The zero-order chi connectivity index (χ0) is 23.0. The minimum atomic E-state index is -4.33. The highest BCUT2D eigenvalue weighted by Gasteiger charge is 2.37. The number of carbonyl (C=O) groups is 1. The van der Waals surface area contributed by atoms with E-state index in [2.05, 4.69) is 20.3 Å². The third-order valence-electron chi connectivity index (χ3n) is 5.04. The largest absolute Gasteiger partial charge is 0.481 e. The number of allylic oxidation sites excluding steroid dienone is 4. The van der Waals surface area contributed by atoms with E-state index in [0.29, 0.717) is 22.9 Å². The van der Waals surface area contributed by atoms with Gasteiger partial charge in [0.15, 0.2) is 0 Å². The molecule has 10 heteroatoms. The Kier molecular flexibility index (Phi) is 5.47. The van der Waals surface area contributed by atoms with Crippen molar-refractivity contribution in [3.63, 3.8) is 0 Å². The number of aromatic nitrogens is 2. The van der Waals surface area contributed by atoms with Crippen LogP contribution in [0.3, 0.4) is 0 Å². The third-order valence-corrected chi connectivity index (χ3v) is 6.84. The van der Waals surface area contributed by atoms with E-state index in [0.717, 1.165) is 17.8 Å². The Labute approximate surface area is 183 Å². The molecule has 2 aromatic heterocycles. The maximum absolute atomic E-state index is 14.9. The summed E-state index contributed by atoms with van der Waals surface area (Å²) in [6, 6.07) is 4.64. The van der Waals surface area contributed by atoms with Crippen LogP contribution in [0.4, 0.5) is 15.9 Å². The van der Waals surface area contributed by atoms with E-state index >= 15 is 0 Å². The standard InChI is InChI=1S/C22H19FN4O4S/c1-12-7-14(10-24-9-12)27-19-6-3-15(11-25-19)32(30,31)22-17(23)4-5-18-21(22)16(8-20(28)29)13(2)26-18/h3-4,6-7,9-11H,5,8H2,1-2H3,(H,25,27)(H,28,29). The smallest absolute Gasteiger partial charge is 0.307 e. The van der Waals surface area contributed by atoms with Gasteiger partial charge in [-0.15, -0.1) is 0 Å². The number of rotatable bonds is 6. The van der Waals surface area contributed by atoms with Crippen molar-refractivity contribution in [3.8, 4) is 0 Å². The van der Waals surface area contributed by atoms with E-state index in [1.54, 1.807) is 19.3 Å². The van der Waals surface area contributed by atoms with Crippen LogP contribution in [0.25, 0.3) is 0 Å². The number of carboxylic acid groups (broad SMARTS) is 1. The number of fused-ring (bicyclic) bond motifs is 1. The van der Waals surface area contributed by atoms with Gasteiger partial charge in [0.2, 0.25) is 9.84 Å². The highest BCUT2D eigenvalue weighted by atomic mass is 32.2.